The number of thioether (sulfide) groups is 1. The highest BCUT2D eigenvalue weighted by Gasteiger charge is 2.09. The van der Waals surface area contributed by atoms with Gasteiger partial charge in [0.25, 0.3) is 0 Å². The third-order valence-corrected chi connectivity index (χ3v) is 3.20. The van der Waals surface area contributed by atoms with Gasteiger partial charge in [0.05, 0.1) is 0 Å². The minimum absolute atomic E-state index is 0.434. The van der Waals surface area contributed by atoms with E-state index in [0.717, 1.165) is 22.3 Å². The number of aromatic nitrogens is 2. The van der Waals surface area contributed by atoms with Gasteiger partial charge in [-0.15, -0.1) is 0 Å². The average molecular weight is 238 g/mol. The number of rotatable bonds is 4. The maximum absolute atomic E-state index is 4.42. The molecule has 90 valence electrons. The molecule has 0 unspecified atom stereocenters. The molecule has 0 aliphatic rings. The molecule has 1 aromatic heterocycles. The molecule has 0 saturated carbocycles. The van der Waals surface area contributed by atoms with E-state index in [2.05, 4.69) is 30.7 Å². The number of aryl methyl sites for hydroxylation is 2. The van der Waals surface area contributed by atoms with Gasteiger partial charge in [-0.25, -0.2) is 9.97 Å². The highest BCUT2D eigenvalue weighted by molar-refractivity contribution is 7.99. The lowest BCUT2D eigenvalue weighted by Gasteiger charge is -2.17. The molecule has 0 aromatic carbocycles. The number of hydrogen-bond donors (Lipinski definition) is 0. The standard InChI is InChI=1S/C13H22N2S/c1-10-9-11(2)15-12(14-10)16-8-6-7-13(3,4)5/h9H,6-8H2,1-5H3. The van der Waals surface area contributed by atoms with Crippen molar-refractivity contribution in [1.29, 1.82) is 0 Å². The fourth-order valence-electron chi connectivity index (χ4n) is 1.52. The highest BCUT2D eigenvalue weighted by Crippen LogP contribution is 2.23. The molecule has 1 aromatic rings. The van der Waals surface area contributed by atoms with Crippen LogP contribution in [0.3, 0.4) is 0 Å². The summed E-state index contributed by atoms with van der Waals surface area (Å²) >= 11 is 1.77. The maximum atomic E-state index is 4.42. The van der Waals surface area contributed by atoms with Gasteiger partial charge in [0.1, 0.15) is 0 Å². The van der Waals surface area contributed by atoms with Crippen LogP contribution in [0, 0.1) is 19.3 Å². The smallest absolute Gasteiger partial charge is 0.187 e. The molecule has 3 heteroatoms. The first-order valence-electron chi connectivity index (χ1n) is 5.82. The summed E-state index contributed by atoms with van der Waals surface area (Å²) in [5.41, 5.74) is 2.56. The minimum atomic E-state index is 0.434. The van der Waals surface area contributed by atoms with Crippen LogP contribution in [0.5, 0.6) is 0 Å². The van der Waals surface area contributed by atoms with Crippen LogP contribution in [0.2, 0.25) is 0 Å². The van der Waals surface area contributed by atoms with Crippen LogP contribution in [-0.2, 0) is 0 Å². The zero-order valence-corrected chi connectivity index (χ0v) is 11.8. The second kappa shape index (κ2) is 5.67. The predicted octanol–water partition coefficient (Wildman–Crippen LogP) is 4.01. The molecule has 16 heavy (non-hydrogen) atoms. The zero-order chi connectivity index (χ0) is 12.2. The highest BCUT2D eigenvalue weighted by atomic mass is 32.2. The van der Waals surface area contributed by atoms with E-state index in [4.69, 9.17) is 0 Å². The quantitative estimate of drug-likeness (QED) is 0.450. The Bertz CT molecular complexity index is 322. The lowest BCUT2D eigenvalue weighted by Crippen LogP contribution is -2.05. The Morgan fingerprint density at radius 1 is 1.12 bits per heavy atom. The Morgan fingerprint density at radius 2 is 1.69 bits per heavy atom. The van der Waals surface area contributed by atoms with Crippen molar-refractivity contribution in [2.45, 2.75) is 52.6 Å². The van der Waals surface area contributed by atoms with Crippen molar-refractivity contribution in [1.82, 2.24) is 9.97 Å². The van der Waals surface area contributed by atoms with Crippen LogP contribution in [0.1, 0.15) is 45.0 Å². The van der Waals surface area contributed by atoms with Crippen molar-refractivity contribution in [2.75, 3.05) is 5.75 Å². The first kappa shape index (κ1) is 13.5. The van der Waals surface area contributed by atoms with Gasteiger partial charge in [-0.05, 0) is 38.2 Å². The van der Waals surface area contributed by atoms with E-state index < -0.39 is 0 Å². The van der Waals surface area contributed by atoms with E-state index >= 15 is 0 Å². The Labute approximate surface area is 103 Å². The van der Waals surface area contributed by atoms with E-state index in [0.29, 0.717) is 5.41 Å². The Balaban J connectivity index is 2.37. The topological polar surface area (TPSA) is 25.8 Å². The van der Waals surface area contributed by atoms with Gasteiger partial charge in [-0.2, -0.15) is 0 Å². The molecule has 0 aliphatic heterocycles. The fraction of sp³-hybridized carbons (Fsp3) is 0.692. The summed E-state index contributed by atoms with van der Waals surface area (Å²) in [7, 11) is 0. The third kappa shape index (κ3) is 5.50. The Morgan fingerprint density at radius 3 is 2.19 bits per heavy atom. The molecule has 0 radical (unpaired) electrons. The average Bonchev–Trinajstić information content (AvgIpc) is 2.09. The maximum Gasteiger partial charge on any atom is 0.187 e. The predicted molar refractivity (Wildman–Crippen MR) is 70.9 cm³/mol. The molecule has 0 spiro atoms. The summed E-state index contributed by atoms with van der Waals surface area (Å²) in [6.07, 6.45) is 2.48. The Hall–Kier alpha value is -0.570. The minimum Gasteiger partial charge on any atom is -0.228 e. The number of hydrogen-bond acceptors (Lipinski definition) is 3. The molecule has 0 atom stereocenters. The van der Waals surface area contributed by atoms with E-state index in [9.17, 15) is 0 Å². The summed E-state index contributed by atoms with van der Waals surface area (Å²) in [5.74, 6) is 1.11. The van der Waals surface area contributed by atoms with Crippen molar-refractivity contribution in [3.63, 3.8) is 0 Å². The van der Waals surface area contributed by atoms with Gasteiger partial charge in [0.15, 0.2) is 5.16 Å². The van der Waals surface area contributed by atoms with Crippen molar-refractivity contribution in [3.8, 4) is 0 Å². The molecule has 1 rings (SSSR count). The normalized spacial score (nSPS) is 11.8. The second-order valence-corrected chi connectivity index (χ2v) is 6.51. The van der Waals surface area contributed by atoms with Gasteiger partial charge in [-0.1, -0.05) is 32.5 Å². The summed E-state index contributed by atoms with van der Waals surface area (Å²) in [5, 5.41) is 0.923. The van der Waals surface area contributed by atoms with E-state index in [-0.39, 0.29) is 0 Å². The fourth-order valence-corrected chi connectivity index (χ4v) is 2.41. The second-order valence-electron chi connectivity index (χ2n) is 5.45. The van der Waals surface area contributed by atoms with Gasteiger partial charge in [-0.3, -0.25) is 0 Å². The third-order valence-electron chi connectivity index (χ3n) is 2.26. The van der Waals surface area contributed by atoms with Gasteiger partial charge in [0, 0.05) is 17.1 Å². The molecule has 0 N–H and O–H groups in total. The largest absolute Gasteiger partial charge is 0.228 e. The molecule has 0 fully saturated rings. The van der Waals surface area contributed by atoms with Crippen LogP contribution in [0.15, 0.2) is 11.2 Å². The van der Waals surface area contributed by atoms with Crippen molar-refractivity contribution in [2.24, 2.45) is 5.41 Å². The summed E-state index contributed by atoms with van der Waals surface area (Å²) in [6, 6.07) is 2.01. The molecule has 0 aliphatic carbocycles. The summed E-state index contributed by atoms with van der Waals surface area (Å²) in [4.78, 5) is 8.84. The van der Waals surface area contributed by atoms with Crippen molar-refractivity contribution < 1.29 is 0 Å². The number of nitrogens with zero attached hydrogens (tertiary/aromatic N) is 2. The summed E-state index contributed by atoms with van der Waals surface area (Å²) in [6.45, 7) is 10.9. The van der Waals surface area contributed by atoms with Crippen LogP contribution in [0.25, 0.3) is 0 Å². The first-order chi connectivity index (χ1) is 7.37. The van der Waals surface area contributed by atoms with Gasteiger partial charge >= 0.3 is 0 Å². The van der Waals surface area contributed by atoms with E-state index in [1.807, 2.05) is 19.9 Å². The molecule has 0 amide bonds. The molecule has 0 saturated heterocycles. The first-order valence-corrected chi connectivity index (χ1v) is 6.80. The van der Waals surface area contributed by atoms with Crippen molar-refractivity contribution in [3.05, 3.63) is 17.5 Å². The molecule has 2 nitrogen and oxygen atoms in total. The van der Waals surface area contributed by atoms with Crippen LogP contribution in [-0.4, -0.2) is 15.7 Å². The van der Waals surface area contributed by atoms with Crippen molar-refractivity contribution >= 4 is 11.8 Å². The monoisotopic (exact) mass is 238 g/mol. The molecule has 1 heterocycles. The van der Waals surface area contributed by atoms with Crippen LogP contribution < -0.4 is 0 Å². The molecular formula is C13H22N2S. The van der Waals surface area contributed by atoms with Crippen LogP contribution in [0.4, 0.5) is 0 Å². The SMILES string of the molecule is Cc1cc(C)nc(SCCCC(C)(C)C)n1. The van der Waals surface area contributed by atoms with E-state index in [1.165, 1.54) is 12.8 Å². The zero-order valence-electron chi connectivity index (χ0n) is 11.0. The van der Waals surface area contributed by atoms with Gasteiger partial charge in [0.2, 0.25) is 0 Å². The molecular weight excluding hydrogens is 216 g/mol. The van der Waals surface area contributed by atoms with E-state index in [1.54, 1.807) is 11.8 Å². The lowest BCUT2D eigenvalue weighted by atomic mass is 9.91. The Kier molecular flexibility index (Phi) is 4.78. The summed E-state index contributed by atoms with van der Waals surface area (Å²) < 4.78 is 0. The lowest BCUT2D eigenvalue weighted by molar-refractivity contribution is 0.374. The molecule has 0 bridgehead atoms. The van der Waals surface area contributed by atoms with Gasteiger partial charge < -0.3 is 0 Å². The van der Waals surface area contributed by atoms with Crippen LogP contribution >= 0.6 is 11.8 Å².